The first kappa shape index (κ1) is 20.9. The normalized spacial score (nSPS) is 11.1. The van der Waals surface area contributed by atoms with Crippen molar-refractivity contribution in [3.05, 3.63) is 53.3 Å². The number of rotatable bonds is 9. The van der Waals surface area contributed by atoms with Crippen molar-refractivity contribution in [2.75, 3.05) is 25.6 Å². The number of benzene rings is 1. The number of carbonyl (C=O) groups is 1. The number of hydrogen-bond acceptors (Lipinski definition) is 4. The van der Waals surface area contributed by atoms with Crippen LogP contribution in [0, 0.1) is 0 Å². The number of ether oxygens (including phenoxy) is 1. The summed E-state index contributed by atoms with van der Waals surface area (Å²) in [5.74, 6) is 0.629. The van der Waals surface area contributed by atoms with E-state index in [1.54, 1.807) is 19.4 Å². The second-order valence-electron chi connectivity index (χ2n) is 7.28. The molecular formula is C22H31N3O2. The van der Waals surface area contributed by atoms with Gasteiger partial charge in [-0.3, -0.25) is 9.78 Å². The van der Waals surface area contributed by atoms with Crippen LogP contribution in [0.25, 0.3) is 0 Å². The highest BCUT2D eigenvalue weighted by atomic mass is 16.5. The molecule has 0 fully saturated rings. The Hall–Kier alpha value is -2.40. The molecule has 1 aromatic carbocycles. The van der Waals surface area contributed by atoms with Crippen molar-refractivity contribution < 1.29 is 9.53 Å². The number of para-hydroxylation sites is 1. The maximum atomic E-state index is 12.3. The standard InChI is InChI=1S/C22H31N3O2/c1-15(2)18-8-6-9-19(16(3)4)21(18)25-17-10-12-23-20(14-17)22(26)24-11-7-13-27-5/h6,8-10,12,14-16H,7,11,13H2,1-5H3,(H,23,25)(H,24,26). The predicted molar refractivity (Wildman–Crippen MR) is 111 cm³/mol. The zero-order valence-electron chi connectivity index (χ0n) is 17.0. The van der Waals surface area contributed by atoms with Crippen LogP contribution in [0.3, 0.4) is 0 Å². The molecule has 0 saturated carbocycles. The molecule has 0 radical (unpaired) electrons. The maximum Gasteiger partial charge on any atom is 0.269 e. The number of amides is 1. The Balaban J connectivity index is 2.22. The largest absolute Gasteiger partial charge is 0.385 e. The van der Waals surface area contributed by atoms with Gasteiger partial charge in [-0.1, -0.05) is 45.9 Å². The molecule has 0 aliphatic heterocycles. The third kappa shape index (κ3) is 5.79. The summed E-state index contributed by atoms with van der Waals surface area (Å²) in [4.78, 5) is 16.5. The van der Waals surface area contributed by atoms with Crippen LogP contribution in [0.2, 0.25) is 0 Å². The molecule has 0 bridgehead atoms. The molecule has 146 valence electrons. The van der Waals surface area contributed by atoms with Gasteiger partial charge in [0.1, 0.15) is 5.69 Å². The number of methoxy groups -OCH3 is 1. The van der Waals surface area contributed by atoms with Crippen LogP contribution < -0.4 is 10.6 Å². The number of pyridine rings is 1. The van der Waals surface area contributed by atoms with Crippen molar-refractivity contribution in [1.82, 2.24) is 10.3 Å². The molecule has 0 spiro atoms. The Labute approximate surface area is 162 Å². The number of carbonyl (C=O) groups excluding carboxylic acids is 1. The van der Waals surface area contributed by atoms with E-state index >= 15 is 0 Å². The minimum atomic E-state index is -0.170. The molecule has 2 rings (SSSR count). The van der Waals surface area contributed by atoms with Crippen molar-refractivity contribution in [3.8, 4) is 0 Å². The summed E-state index contributed by atoms with van der Waals surface area (Å²) in [7, 11) is 1.65. The lowest BCUT2D eigenvalue weighted by molar-refractivity contribution is 0.0943. The lowest BCUT2D eigenvalue weighted by Crippen LogP contribution is -2.26. The molecular weight excluding hydrogens is 338 g/mol. The van der Waals surface area contributed by atoms with Crippen molar-refractivity contribution in [3.63, 3.8) is 0 Å². The van der Waals surface area contributed by atoms with Crippen LogP contribution in [-0.2, 0) is 4.74 Å². The Morgan fingerprint density at radius 3 is 2.37 bits per heavy atom. The average molecular weight is 370 g/mol. The number of nitrogens with zero attached hydrogens (tertiary/aromatic N) is 1. The second kappa shape index (κ2) is 10.1. The Kier molecular flexibility index (Phi) is 7.80. The van der Waals surface area contributed by atoms with E-state index in [4.69, 9.17) is 4.74 Å². The Morgan fingerprint density at radius 1 is 1.11 bits per heavy atom. The quantitative estimate of drug-likeness (QED) is 0.621. The zero-order valence-corrected chi connectivity index (χ0v) is 17.0. The molecule has 1 amide bonds. The minimum absolute atomic E-state index is 0.170. The molecule has 27 heavy (non-hydrogen) atoms. The van der Waals surface area contributed by atoms with Crippen LogP contribution >= 0.6 is 0 Å². The highest BCUT2D eigenvalue weighted by Gasteiger charge is 2.15. The highest BCUT2D eigenvalue weighted by Crippen LogP contribution is 2.34. The van der Waals surface area contributed by atoms with Crippen molar-refractivity contribution in [2.24, 2.45) is 0 Å². The molecule has 0 unspecified atom stereocenters. The Bertz CT molecular complexity index is 731. The molecule has 5 nitrogen and oxygen atoms in total. The average Bonchev–Trinajstić information content (AvgIpc) is 2.65. The summed E-state index contributed by atoms with van der Waals surface area (Å²) in [6.07, 6.45) is 2.44. The lowest BCUT2D eigenvalue weighted by Gasteiger charge is -2.21. The van der Waals surface area contributed by atoms with E-state index in [9.17, 15) is 4.79 Å². The van der Waals surface area contributed by atoms with Gasteiger partial charge >= 0.3 is 0 Å². The van der Waals surface area contributed by atoms with Crippen LogP contribution in [-0.4, -0.2) is 31.2 Å². The van der Waals surface area contributed by atoms with Crippen molar-refractivity contribution >= 4 is 17.3 Å². The molecule has 2 N–H and O–H groups in total. The van der Waals surface area contributed by atoms with Crippen LogP contribution in [0.5, 0.6) is 0 Å². The van der Waals surface area contributed by atoms with E-state index in [1.807, 2.05) is 6.07 Å². The van der Waals surface area contributed by atoms with E-state index in [1.165, 1.54) is 11.1 Å². The third-order valence-electron chi connectivity index (χ3n) is 4.45. The van der Waals surface area contributed by atoms with Gasteiger partial charge in [0.25, 0.3) is 5.91 Å². The molecule has 0 aliphatic rings. The first-order valence-corrected chi connectivity index (χ1v) is 9.57. The summed E-state index contributed by atoms with van der Waals surface area (Å²) in [6, 6.07) is 10.1. The van der Waals surface area contributed by atoms with Gasteiger partial charge in [-0.15, -0.1) is 0 Å². The van der Waals surface area contributed by atoms with Crippen LogP contribution in [0.15, 0.2) is 36.5 Å². The van der Waals surface area contributed by atoms with Gasteiger partial charge in [0.2, 0.25) is 0 Å². The molecule has 0 saturated heterocycles. The first-order chi connectivity index (χ1) is 12.9. The Morgan fingerprint density at radius 2 is 1.78 bits per heavy atom. The van der Waals surface area contributed by atoms with Crippen LogP contribution in [0.1, 0.15) is 67.6 Å². The van der Waals surface area contributed by atoms with E-state index in [2.05, 4.69) is 61.5 Å². The fourth-order valence-corrected chi connectivity index (χ4v) is 2.98. The number of aromatic nitrogens is 1. The van der Waals surface area contributed by atoms with Crippen molar-refractivity contribution in [1.29, 1.82) is 0 Å². The number of anilines is 2. The summed E-state index contributed by atoms with van der Waals surface area (Å²) in [5.41, 5.74) is 4.93. The molecule has 1 aromatic heterocycles. The smallest absolute Gasteiger partial charge is 0.269 e. The van der Waals surface area contributed by atoms with E-state index < -0.39 is 0 Å². The first-order valence-electron chi connectivity index (χ1n) is 9.57. The molecule has 1 heterocycles. The molecule has 0 atom stereocenters. The van der Waals surface area contributed by atoms with Gasteiger partial charge in [-0.2, -0.15) is 0 Å². The third-order valence-corrected chi connectivity index (χ3v) is 4.45. The van der Waals surface area contributed by atoms with Gasteiger partial charge in [0.05, 0.1) is 0 Å². The fraction of sp³-hybridized carbons (Fsp3) is 0.455. The topological polar surface area (TPSA) is 63.2 Å². The minimum Gasteiger partial charge on any atom is -0.385 e. The van der Waals surface area contributed by atoms with Gasteiger partial charge in [-0.05, 0) is 41.5 Å². The van der Waals surface area contributed by atoms with Gasteiger partial charge in [-0.25, -0.2) is 0 Å². The number of nitrogens with one attached hydrogen (secondary N) is 2. The van der Waals surface area contributed by atoms with E-state index in [0.29, 0.717) is 30.7 Å². The van der Waals surface area contributed by atoms with E-state index in [0.717, 1.165) is 17.8 Å². The second-order valence-corrected chi connectivity index (χ2v) is 7.28. The summed E-state index contributed by atoms with van der Waals surface area (Å²) >= 11 is 0. The van der Waals surface area contributed by atoms with Crippen molar-refractivity contribution in [2.45, 2.75) is 46.0 Å². The van der Waals surface area contributed by atoms with E-state index in [-0.39, 0.29) is 5.91 Å². The van der Waals surface area contributed by atoms with Gasteiger partial charge in [0, 0.05) is 37.8 Å². The fourth-order valence-electron chi connectivity index (χ4n) is 2.98. The predicted octanol–water partition coefficient (Wildman–Crippen LogP) is 4.84. The SMILES string of the molecule is COCCCNC(=O)c1cc(Nc2c(C(C)C)cccc2C(C)C)ccn1. The molecule has 0 aliphatic carbocycles. The van der Waals surface area contributed by atoms with Crippen LogP contribution in [0.4, 0.5) is 11.4 Å². The summed E-state index contributed by atoms with van der Waals surface area (Å²) in [6.45, 7) is 9.96. The lowest BCUT2D eigenvalue weighted by atomic mass is 9.92. The molecule has 2 aromatic rings. The molecule has 5 heteroatoms. The summed E-state index contributed by atoms with van der Waals surface area (Å²) in [5, 5.41) is 6.41. The van der Waals surface area contributed by atoms with Gasteiger partial charge in [0.15, 0.2) is 0 Å². The number of hydrogen-bond donors (Lipinski definition) is 2. The monoisotopic (exact) mass is 369 g/mol. The highest BCUT2D eigenvalue weighted by molar-refractivity contribution is 5.93. The summed E-state index contributed by atoms with van der Waals surface area (Å²) < 4.78 is 5.00. The maximum absolute atomic E-state index is 12.3. The van der Waals surface area contributed by atoms with Gasteiger partial charge < -0.3 is 15.4 Å². The zero-order chi connectivity index (χ0) is 19.8.